The molecule has 1 saturated heterocycles. The molecular formula is C21H26FN3O3S. The number of urea groups is 1. The average molecular weight is 420 g/mol. The quantitative estimate of drug-likeness (QED) is 0.795. The summed E-state index contributed by atoms with van der Waals surface area (Å²) in [5.74, 6) is -0.323. The first kappa shape index (κ1) is 21.3. The molecule has 2 amide bonds. The summed E-state index contributed by atoms with van der Waals surface area (Å²) in [6.45, 7) is 1.43. The largest absolute Gasteiger partial charge is 0.323 e. The van der Waals surface area contributed by atoms with E-state index in [1.54, 1.807) is 35.6 Å². The molecule has 8 heteroatoms. The van der Waals surface area contributed by atoms with E-state index < -0.39 is 10.0 Å². The van der Waals surface area contributed by atoms with Gasteiger partial charge in [0.1, 0.15) is 5.82 Å². The lowest BCUT2D eigenvalue weighted by Crippen LogP contribution is -2.32. The molecule has 0 radical (unpaired) electrons. The number of benzene rings is 2. The van der Waals surface area contributed by atoms with Crippen molar-refractivity contribution in [2.75, 3.05) is 25.5 Å². The molecule has 29 heavy (non-hydrogen) atoms. The second-order valence-electron chi connectivity index (χ2n) is 7.26. The van der Waals surface area contributed by atoms with Crippen molar-refractivity contribution in [3.05, 3.63) is 59.9 Å². The molecule has 0 unspecified atom stereocenters. The molecule has 156 valence electrons. The first-order chi connectivity index (χ1) is 13.9. The van der Waals surface area contributed by atoms with Crippen molar-refractivity contribution < 1.29 is 17.6 Å². The summed E-state index contributed by atoms with van der Waals surface area (Å²) < 4.78 is 40.2. The van der Waals surface area contributed by atoms with Crippen LogP contribution in [0.2, 0.25) is 0 Å². The predicted molar refractivity (Wildman–Crippen MR) is 111 cm³/mol. The van der Waals surface area contributed by atoms with Crippen LogP contribution in [0, 0.1) is 5.82 Å². The van der Waals surface area contributed by atoms with Crippen molar-refractivity contribution in [1.82, 2.24) is 9.21 Å². The molecule has 2 aromatic rings. The second kappa shape index (κ2) is 9.37. The number of carbonyl (C=O) groups is 1. The normalized spacial score (nSPS) is 15.5. The van der Waals surface area contributed by atoms with E-state index in [0.29, 0.717) is 25.3 Å². The van der Waals surface area contributed by atoms with Crippen LogP contribution in [-0.4, -0.2) is 43.8 Å². The van der Waals surface area contributed by atoms with Gasteiger partial charge in [-0.2, -0.15) is 4.31 Å². The summed E-state index contributed by atoms with van der Waals surface area (Å²) in [5, 5.41) is 2.75. The summed E-state index contributed by atoms with van der Waals surface area (Å²) in [5.41, 5.74) is 1.32. The van der Waals surface area contributed by atoms with Gasteiger partial charge in [0.05, 0.1) is 4.90 Å². The Morgan fingerprint density at radius 1 is 1.00 bits per heavy atom. The molecule has 1 N–H and O–H groups in total. The molecule has 1 aliphatic rings. The number of halogens is 1. The van der Waals surface area contributed by atoms with Gasteiger partial charge in [0.2, 0.25) is 10.0 Å². The van der Waals surface area contributed by atoms with Crippen molar-refractivity contribution in [2.24, 2.45) is 0 Å². The summed E-state index contributed by atoms with van der Waals surface area (Å²) in [6, 6.07) is 11.9. The van der Waals surface area contributed by atoms with Gasteiger partial charge >= 0.3 is 6.03 Å². The van der Waals surface area contributed by atoms with Gasteiger partial charge in [0, 0.05) is 32.4 Å². The molecule has 1 aliphatic heterocycles. The van der Waals surface area contributed by atoms with Gasteiger partial charge in [0.15, 0.2) is 0 Å². The monoisotopic (exact) mass is 419 g/mol. The maximum absolute atomic E-state index is 13.0. The summed E-state index contributed by atoms with van der Waals surface area (Å²) in [4.78, 5) is 14.1. The SMILES string of the molecule is CN(Cc1ccc(F)cc1)C(=O)Nc1ccc(S(=O)(=O)N2CCCCCC2)cc1. The summed E-state index contributed by atoms with van der Waals surface area (Å²) >= 11 is 0. The summed E-state index contributed by atoms with van der Waals surface area (Å²) in [6.07, 6.45) is 3.88. The molecule has 6 nitrogen and oxygen atoms in total. The number of anilines is 1. The van der Waals surface area contributed by atoms with E-state index in [1.165, 1.54) is 29.2 Å². The number of sulfonamides is 1. The van der Waals surface area contributed by atoms with Crippen LogP contribution in [0.25, 0.3) is 0 Å². The van der Waals surface area contributed by atoms with E-state index >= 15 is 0 Å². The Kier molecular flexibility index (Phi) is 6.87. The molecule has 0 bridgehead atoms. The van der Waals surface area contributed by atoms with Gasteiger partial charge in [-0.05, 0) is 54.8 Å². The maximum Gasteiger partial charge on any atom is 0.321 e. The molecular weight excluding hydrogens is 393 g/mol. The highest BCUT2D eigenvalue weighted by Gasteiger charge is 2.25. The van der Waals surface area contributed by atoms with Gasteiger partial charge in [-0.15, -0.1) is 0 Å². The van der Waals surface area contributed by atoms with Crippen molar-refractivity contribution >= 4 is 21.7 Å². The number of nitrogens with zero attached hydrogens (tertiary/aromatic N) is 2. The predicted octanol–water partition coefficient (Wildman–Crippen LogP) is 4.05. The Labute approximate surface area is 171 Å². The molecule has 0 aromatic heterocycles. The Morgan fingerprint density at radius 3 is 2.17 bits per heavy atom. The van der Waals surface area contributed by atoms with Crippen LogP contribution >= 0.6 is 0 Å². The van der Waals surface area contributed by atoms with Crippen LogP contribution in [-0.2, 0) is 16.6 Å². The number of rotatable bonds is 5. The highest BCUT2D eigenvalue weighted by molar-refractivity contribution is 7.89. The second-order valence-corrected chi connectivity index (χ2v) is 9.19. The van der Waals surface area contributed by atoms with E-state index in [2.05, 4.69) is 5.32 Å². The van der Waals surface area contributed by atoms with E-state index in [0.717, 1.165) is 31.2 Å². The number of amides is 2. The standard InChI is InChI=1S/C21H26FN3O3S/c1-24(16-17-6-8-18(22)9-7-17)21(26)23-19-10-12-20(13-11-19)29(27,28)25-14-4-2-3-5-15-25/h6-13H,2-5,14-16H2,1H3,(H,23,26). The molecule has 0 spiro atoms. The first-order valence-corrected chi connectivity index (χ1v) is 11.2. The van der Waals surface area contributed by atoms with E-state index in [4.69, 9.17) is 0 Å². The smallest absolute Gasteiger partial charge is 0.321 e. The lowest BCUT2D eigenvalue weighted by atomic mass is 10.2. The number of carbonyl (C=O) groups excluding carboxylic acids is 1. The molecule has 1 fully saturated rings. The summed E-state index contributed by atoms with van der Waals surface area (Å²) in [7, 11) is -1.88. The molecule has 3 rings (SSSR count). The Morgan fingerprint density at radius 2 is 1.59 bits per heavy atom. The van der Waals surface area contributed by atoms with Crippen molar-refractivity contribution in [3.63, 3.8) is 0 Å². The number of hydrogen-bond acceptors (Lipinski definition) is 3. The minimum Gasteiger partial charge on any atom is -0.323 e. The highest BCUT2D eigenvalue weighted by Crippen LogP contribution is 2.22. The van der Waals surface area contributed by atoms with Crippen LogP contribution in [0.15, 0.2) is 53.4 Å². The Balaban J connectivity index is 1.62. The van der Waals surface area contributed by atoms with Gasteiger partial charge in [-0.1, -0.05) is 25.0 Å². The van der Waals surface area contributed by atoms with Crippen LogP contribution in [0.3, 0.4) is 0 Å². The zero-order valence-corrected chi connectivity index (χ0v) is 17.3. The third kappa shape index (κ3) is 5.55. The Bertz CT molecular complexity index is 923. The molecule has 0 atom stereocenters. The maximum atomic E-state index is 13.0. The average Bonchev–Trinajstić information content (AvgIpc) is 3.00. The minimum atomic E-state index is -3.51. The lowest BCUT2D eigenvalue weighted by Gasteiger charge is -2.20. The van der Waals surface area contributed by atoms with Gasteiger partial charge in [-0.3, -0.25) is 0 Å². The Hall–Kier alpha value is -2.45. The van der Waals surface area contributed by atoms with E-state index in [-0.39, 0.29) is 16.7 Å². The van der Waals surface area contributed by atoms with Crippen LogP contribution in [0.4, 0.5) is 14.9 Å². The van der Waals surface area contributed by atoms with E-state index in [9.17, 15) is 17.6 Å². The minimum absolute atomic E-state index is 0.233. The molecule has 2 aromatic carbocycles. The fraction of sp³-hybridized carbons (Fsp3) is 0.381. The van der Waals surface area contributed by atoms with Crippen LogP contribution < -0.4 is 5.32 Å². The zero-order valence-electron chi connectivity index (χ0n) is 16.5. The first-order valence-electron chi connectivity index (χ1n) is 9.73. The van der Waals surface area contributed by atoms with Crippen molar-refractivity contribution in [1.29, 1.82) is 0 Å². The number of nitrogens with one attached hydrogen (secondary N) is 1. The topological polar surface area (TPSA) is 69.7 Å². The van der Waals surface area contributed by atoms with Crippen molar-refractivity contribution in [2.45, 2.75) is 37.1 Å². The molecule has 0 aliphatic carbocycles. The molecule has 1 heterocycles. The zero-order chi connectivity index (χ0) is 20.9. The third-order valence-electron chi connectivity index (χ3n) is 4.99. The van der Waals surface area contributed by atoms with Crippen LogP contribution in [0.1, 0.15) is 31.2 Å². The lowest BCUT2D eigenvalue weighted by molar-refractivity contribution is 0.220. The van der Waals surface area contributed by atoms with Gasteiger partial charge in [0.25, 0.3) is 0 Å². The van der Waals surface area contributed by atoms with E-state index in [1.807, 2.05) is 0 Å². The fourth-order valence-electron chi connectivity index (χ4n) is 3.30. The fourth-order valence-corrected chi connectivity index (χ4v) is 4.81. The van der Waals surface area contributed by atoms with Crippen LogP contribution in [0.5, 0.6) is 0 Å². The number of hydrogen-bond donors (Lipinski definition) is 1. The van der Waals surface area contributed by atoms with Crippen molar-refractivity contribution in [3.8, 4) is 0 Å². The van der Waals surface area contributed by atoms with Gasteiger partial charge < -0.3 is 10.2 Å². The van der Waals surface area contributed by atoms with Gasteiger partial charge in [-0.25, -0.2) is 17.6 Å². The highest BCUT2D eigenvalue weighted by atomic mass is 32.2. The third-order valence-corrected chi connectivity index (χ3v) is 6.90. The molecule has 0 saturated carbocycles.